The Morgan fingerprint density at radius 2 is 1.09 bits per heavy atom. The van der Waals surface area contributed by atoms with Gasteiger partial charge in [-0.2, -0.15) is 0 Å². The van der Waals surface area contributed by atoms with E-state index < -0.39 is 8.07 Å². The first-order valence-electron chi connectivity index (χ1n) is 15.4. The van der Waals surface area contributed by atoms with Crippen molar-refractivity contribution in [1.29, 1.82) is 0 Å². The summed E-state index contributed by atoms with van der Waals surface area (Å²) in [5, 5.41) is 3.77. The van der Waals surface area contributed by atoms with E-state index in [0.29, 0.717) is 0 Å². The van der Waals surface area contributed by atoms with E-state index in [0.717, 1.165) is 22.2 Å². The summed E-state index contributed by atoms with van der Waals surface area (Å²) in [6, 6.07) is 48.8. The highest BCUT2D eigenvalue weighted by Crippen LogP contribution is 2.45. The number of nitrogens with zero attached hydrogens (tertiary/aromatic N) is 2. The second-order valence-electron chi connectivity index (χ2n) is 13.0. The zero-order chi connectivity index (χ0) is 29.6. The average Bonchev–Trinajstić information content (AvgIpc) is 3.41. The van der Waals surface area contributed by atoms with Gasteiger partial charge >= 0.3 is 0 Å². The lowest BCUT2D eigenvalue weighted by atomic mass is 9.33. The molecule has 0 atom stereocenters. The molecule has 0 radical (unpaired) electrons. The maximum absolute atomic E-state index is 6.49. The van der Waals surface area contributed by atoms with Crippen LogP contribution in [0.5, 0.6) is 0 Å². The van der Waals surface area contributed by atoms with Crippen LogP contribution >= 0.6 is 0 Å². The van der Waals surface area contributed by atoms with E-state index in [1.807, 2.05) is 0 Å². The zero-order valence-corrected chi connectivity index (χ0v) is 26.1. The average molecular weight is 583 g/mol. The molecule has 0 fully saturated rings. The van der Waals surface area contributed by atoms with Crippen molar-refractivity contribution in [3.63, 3.8) is 0 Å². The van der Waals surface area contributed by atoms with Crippen LogP contribution in [0.2, 0.25) is 19.6 Å². The predicted molar refractivity (Wildman–Crippen MR) is 191 cm³/mol. The monoisotopic (exact) mass is 582 g/mol. The quantitative estimate of drug-likeness (QED) is 0.196. The molecule has 0 saturated heterocycles. The van der Waals surface area contributed by atoms with Gasteiger partial charge in [0.25, 0.3) is 6.71 Å². The number of furan rings is 1. The number of hydrogen-bond acceptors (Lipinski definition) is 3. The van der Waals surface area contributed by atoms with Crippen LogP contribution < -0.4 is 31.4 Å². The topological polar surface area (TPSA) is 19.6 Å². The number of rotatable bonds is 3. The van der Waals surface area contributed by atoms with Gasteiger partial charge in [0.05, 0.1) is 8.07 Å². The molecule has 2 aliphatic rings. The first-order chi connectivity index (χ1) is 21.5. The third kappa shape index (κ3) is 3.63. The van der Waals surface area contributed by atoms with Crippen LogP contribution in [0, 0.1) is 0 Å². The zero-order valence-electron chi connectivity index (χ0n) is 25.1. The van der Waals surface area contributed by atoms with Gasteiger partial charge in [-0.1, -0.05) is 104 Å². The fourth-order valence-electron chi connectivity index (χ4n) is 7.31. The third-order valence-corrected chi connectivity index (χ3v) is 11.4. The van der Waals surface area contributed by atoms with Gasteiger partial charge in [0.1, 0.15) is 11.2 Å². The van der Waals surface area contributed by atoms with Crippen molar-refractivity contribution in [2.24, 2.45) is 0 Å². The number of anilines is 6. The van der Waals surface area contributed by atoms with Crippen LogP contribution in [0.4, 0.5) is 34.1 Å². The molecule has 6 aromatic carbocycles. The second-order valence-corrected chi connectivity index (χ2v) is 18.1. The lowest BCUT2D eigenvalue weighted by Crippen LogP contribution is -2.62. The molecule has 0 amide bonds. The van der Waals surface area contributed by atoms with Gasteiger partial charge in [0.15, 0.2) is 0 Å². The van der Waals surface area contributed by atoms with E-state index in [1.54, 1.807) is 0 Å². The van der Waals surface area contributed by atoms with Crippen molar-refractivity contribution in [1.82, 2.24) is 0 Å². The van der Waals surface area contributed by atoms with Crippen molar-refractivity contribution in [2.45, 2.75) is 19.6 Å². The molecule has 0 saturated carbocycles. The summed E-state index contributed by atoms with van der Waals surface area (Å²) < 4.78 is 6.49. The summed E-state index contributed by atoms with van der Waals surface area (Å²) in [6.45, 7) is 7.43. The summed E-state index contributed by atoms with van der Waals surface area (Å²) in [4.78, 5) is 4.98. The number of fused-ring (bicyclic) bond motifs is 7. The van der Waals surface area contributed by atoms with Crippen LogP contribution in [-0.2, 0) is 0 Å². The lowest BCUT2D eigenvalue weighted by molar-refractivity contribution is 0.669. The Morgan fingerprint density at radius 3 is 1.77 bits per heavy atom. The molecule has 1 aromatic heterocycles. The molecule has 3 nitrogen and oxygen atoms in total. The Bertz CT molecular complexity index is 2240. The van der Waals surface area contributed by atoms with Crippen LogP contribution in [-0.4, -0.2) is 14.8 Å². The summed E-state index contributed by atoms with van der Waals surface area (Å²) >= 11 is 0. The van der Waals surface area contributed by atoms with E-state index in [1.165, 1.54) is 55.4 Å². The smallest absolute Gasteiger partial charge is 0.252 e. The van der Waals surface area contributed by atoms with Crippen molar-refractivity contribution >= 4 is 92.4 Å². The minimum Gasteiger partial charge on any atom is -0.456 e. The Balaban J connectivity index is 1.45. The van der Waals surface area contributed by atoms with Gasteiger partial charge in [0.2, 0.25) is 0 Å². The molecule has 44 heavy (non-hydrogen) atoms. The Hall–Kier alpha value is -5.00. The molecule has 0 spiro atoms. The Kier molecular flexibility index (Phi) is 5.36. The Morgan fingerprint density at radius 1 is 0.500 bits per heavy atom. The molecule has 2 aliphatic heterocycles. The highest BCUT2D eigenvalue weighted by atomic mass is 28.3. The van der Waals surface area contributed by atoms with Gasteiger partial charge in [-0.15, -0.1) is 0 Å². The SMILES string of the molecule is C[Si](C)(C)c1cc2c3c(c1)N(c1ccccc1)c1cc4oc5ccccc5c4cc1B3c1ccccc1N2c1ccccc1. The molecular weight excluding hydrogens is 551 g/mol. The van der Waals surface area contributed by atoms with Gasteiger partial charge in [-0.05, 0) is 64.9 Å². The predicted octanol–water partition coefficient (Wildman–Crippen LogP) is 8.21. The molecule has 5 heteroatoms. The molecule has 9 rings (SSSR count). The summed E-state index contributed by atoms with van der Waals surface area (Å²) in [6.07, 6.45) is 0. The van der Waals surface area contributed by atoms with Crippen molar-refractivity contribution in [3.8, 4) is 0 Å². The molecule has 3 heterocycles. The molecule has 0 N–H and O–H groups in total. The highest BCUT2D eigenvalue weighted by Gasteiger charge is 2.44. The maximum atomic E-state index is 6.49. The van der Waals surface area contributed by atoms with E-state index in [-0.39, 0.29) is 6.71 Å². The van der Waals surface area contributed by atoms with Crippen LogP contribution in [0.3, 0.4) is 0 Å². The molecule has 210 valence electrons. The molecule has 7 aromatic rings. The molecule has 0 unspecified atom stereocenters. The first kappa shape index (κ1) is 25.5. The van der Waals surface area contributed by atoms with E-state index >= 15 is 0 Å². The fraction of sp³-hybridized carbons (Fsp3) is 0.0769. The van der Waals surface area contributed by atoms with Crippen molar-refractivity contribution < 1.29 is 4.42 Å². The Labute approximate surface area is 259 Å². The normalized spacial score (nSPS) is 13.7. The maximum Gasteiger partial charge on any atom is 0.252 e. The van der Waals surface area contributed by atoms with Gasteiger partial charge in [-0.3, -0.25) is 0 Å². The van der Waals surface area contributed by atoms with Gasteiger partial charge in [-0.25, -0.2) is 0 Å². The number of hydrogen-bond donors (Lipinski definition) is 0. The fourth-order valence-corrected chi connectivity index (χ4v) is 8.45. The molecule has 0 bridgehead atoms. The van der Waals surface area contributed by atoms with Crippen molar-refractivity contribution in [2.75, 3.05) is 9.80 Å². The van der Waals surface area contributed by atoms with Crippen LogP contribution in [0.25, 0.3) is 21.9 Å². The molecular formula is C39H31BN2OSi. The lowest BCUT2D eigenvalue weighted by Gasteiger charge is -2.45. The minimum absolute atomic E-state index is 0.0832. The summed E-state index contributed by atoms with van der Waals surface area (Å²) in [7, 11) is -1.72. The van der Waals surface area contributed by atoms with Crippen LogP contribution in [0.1, 0.15) is 0 Å². The van der Waals surface area contributed by atoms with Gasteiger partial charge < -0.3 is 14.2 Å². The van der Waals surface area contributed by atoms with Gasteiger partial charge in [0, 0.05) is 51.0 Å². The molecule has 0 aliphatic carbocycles. The highest BCUT2D eigenvalue weighted by molar-refractivity contribution is 7.00. The minimum atomic E-state index is -1.72. The van der Waals surface area contributed by atoms with E-state index in [9.17, 15) is 0 Å². The van der Waals surface area contributed by atoms with E-state index in [4.69, 9.17) is 4.42 Å². The number of benzene rings is 6. The largest absolute Gasteiger partial charge is 0.456 e. The van der Waals surface area contributed by atoms with Crippen molar-refractivity contribution in [3.05, 3.63) is 133 Å². The van der Waals surface area contributed by atoms with E-state index in [2.05, 4.69) is 163 Å². The second kappa shape index (κ2) is 9.25. The summed E-state index contributed by atoms with van der Waals surface area (Å²) in [5.74, 6) is 0. The number of para-hydroxylation sites is 4. The standard InChI is InChI=1S/C39H31BN2OSi/c1-44(2,3)28-22-35-39-36(23-28)42(27-16-8-5-9-17-27)34-25-38-30(29-18-10-13-21-37(29)43-38)24-32(34)40(39)31-19-11-12-20-33(31)41(35)26-14-6-4-7-15-26/h4-25H,1-3H3. The first-order valence-corrected chi connectivity index (χ1v) is 18.9. The van der Waals surface area contributed by atoms with Crippen LogP contribution in [0.15, 0.2) is 138 Å². The summed E-state index contributed by atoms with van der Waals surface area (Å²) in [5.41, 5.74) is 13.1. The third-order valence-electron chi connectivity index (χ3n) is 9.37.